The van der Waals surface area contributed by atoms with Gasteiger partial charge in [-0.2, -0.15) is 0 Å². The van der Waals surface area contributed by atoms with Crippen LogP contribution in [0.2, 0.25) is 0 Å². The summed E-state index contributed by atoms with van der Waals surface area (Å²) in [7, 11) is 1.78. The maximum Gasteiger partial charge on any atom is 0.310 e. The van der Waals surface area contributed by atoms with E-state index in [0.717, 1.165) is 38.0 Å². The number of rotatable bonds is 5. The highest BCUT2D eigenvalue weighted by Crippen LogP contribution is 2.25. The van der Waals surface area contributed by atoms with E-state index in [9.17, 15) is 4.79 Å². The van der Waals surface area contributed by atoms with Gasteiger partial charge in [-0.15, -0.1) is 0 Å². The van der Waals surface area contributed by atoms with Crippen LogP contribution in [0.3, 0.4) is 0 Å². The summed E-state index contributed by atoms with van der Waals surface area (Å²) in [6.07, 6.45) is 2.26. The zero-order valence-corrected chi connectivity index (χ0v) is 13.1. The summed E-state index contributed by atoms with van der Waals surface area (Å²) < 4.78 is 5.62. The number of piperidine rings is 1. The molecule has 4 nitrogen and oxygen atoms in total. The molecular formula is C17H25NO3. The molecule has 1 heterocycles. The molecule has 1 fully saturated rings. The summed E-state index contributed by atoms with van der Waals surface area (Å²) in [5.74, 6) is -1.24. The fourth-order valence-corrected chi connectivity index (χ4v) is 2.92. The molecule has 0 saturated carbocycles. The Morgan fingerprint density at radius 1 is 1.43 bits per heavy atom. The van der Waals surface area contributed by atoms with Crippen molar-refractivity contribution in [3.05, 3.63) is 35.4 Å². The lowest BCUT2D eigenvalue weighted by molar-refractivity contribution is -0.138. The van der Waals surface area contributed by atoms with Crippen LogP contribution in [0.25, 0.3) is 0 Å². The number of carboxylic acids is 1. The minimum absolute atomic E-state index is 0.0456. The largest absolute Gasteiger partial charge is 0.481 e. The number of methoxy groups -OCH3 is 1. The quantitative estimate of drug-likeness (QED) is 0.906. The zero-order valence-electron chi connectivity index (χ0n) is 13.1. The highest BCUT2D eigenvalue weighted by atomic mass is 16.5. The van der Waals surface area contributed by atoms with Gasteiger partial charge in [-0.05, 0) is 44.4 Å². The highest BCUT2D eigenvalue weighted by Gasteiger charge is 2.30. The lowest BCUT2D eigenvalue weighted by Crippen LogP contribution is -2.46. The average Bonchev–Trinajstić information content (AvgIpc) is 2.47. The van der Waals surface area contributed by atoms with E-state index in [1.807, 2.05) is 24.3 Å². The van der Waals surface area contributed by atoms with Gasteiger partial charge in [0.2, 0.25) is 0 Å². The molecule has 0 aliphatic carbocycles. The first kappa shape index (κ1) is 16.0. The molecule has 4 heteroatoms. The SMILES string of the molecule is COC1(C)CCCN(Cc2ccc(C(C)C(=O)O)cc2)C1. The Kier molecular flexibility index (Phi) is 5.01. The molecule has 1 saturated heterocycles. The molecular weight excluding hydrogens is 266 g/mol. The van der Waals surface area contributed by atoms with Crippen molar-refractivity contribution < 1.29 is 14.6 Å². The van der Waals surface area contributed by atoms with Gasteiger partial charge in [0.25, 0.3) is 0 Å². The Labute approximate surface area is 126 Å². The van der Waals surface area contributed by atoms with E-state index in [4.69, 9.17) is 9.84 Å². The molecule has 1 aliphatic heterocycles. The van der Waals surface area contributed by atoms with Crippen molar-refractivity contribution >= 4 is 5.97 Å². The predicted octanol–water partition coefficient (Wildman–Crippen LogP) is 2.88. The molecule has 21 heavy (non-hydrogen) atoms. The summed E-state index contributed by atoms with van der Waals surface area (Å²) >= 11 is 0. The van der Waals surface area contributed by atoms with Crippen LogP contribution in [0.15, 0.2) is 24.3 Å². The Bertz CT molecular complexity index is 485. The number of benzene rings is 1. The highest BCUT2D eigenvalue weighted by molar-refractivity contribution is 5.75. The standard InChI is InChI=1S/C17H25NO3/c1-13(16(19)20)15-7-5-14(6-8-15)11-18-10-4-9-17(2,12-18)21-3/h5-8,13H,4,9-12H2,1-3H3,(H,19,20). The second kappa shape index (κ2) is 6.58. The van der Waals surface area contributed by atoms with Crippen LogP contribution in [0.1, 0.15) is 43.7 Å². The van der Waals surface area contributed by atoms with E-state index >= 15 is 0 Å². The van der Waals surface area contributed by atoms with Gasteiger partial charge in [-0.3, -0.25) is 9.69 Å². The van der Waals surface area contributed by atoms with Gasteiger partial charge >= 0.3 is 5.97 Å². The molecule has 0 aromatic heterocycles. The predicted molar refractivity (Wildman–Crippen MR) is 82.4 cm³/mol. The van der Waals surface area contributed by atoms with Crippen molar-refractivity contribution in [1.82, 2.24) is 4.90 Å². The number of carboxylic acid groups (broad SMARTS) is 1. The molecule has 1 aromatic rings. The Hall–Kier alpha value is -1.39. The third-order valence-corrected chi connectivity index (χ3v) is 4.49. The van der Waals surface area contributed by atoms with Gasteiger partial charge in [0.05, 0.1) is 11.5 Å². The monoisotopic (exact) mass is 291 g/mol. The van der Waals surface area contributed by atoms with Gasteiger partial charge in [0.1, 0.15) is 0 Å². The van der Waals surface area contributed by atoms with Crippen molar-refractivity contribution in [3.63, 3.8) is 0 Å². The van der Waals surface area contributed by atoms with Crippen LogP contribution < -0.4 is 0 Å². The molecule has 2 unspecified atom stereocenters. The fraction of sp³-hybridized carbons (Fsp3) is 0.588. The van der Waals surface area contributed by atoms with Crippen LogP contribution in [0, 0.1) is 0 Å². The fourth-order valence-electron chi connectivity index (χ4n) is 2.92. The molecule has 0 spiro atoms. The summed E-state index contributed by atoms with van der Waals surface area (Å²) in [4.78, 5) is 13.4. The average molecular weight is 291 g/mol. The van der Waals surface area contributed by atoms with E-state index in [2.05, 4.69) is 11.8 Å². The first-order valence-corrected chi connectivity index (χ1v) is 7.53. The molecule has 1 N–H and O–H groups in total. The molecule has 1 aromatic carbocycles. The molecule has 0 radical (unpaired) electrons. The van der Waals surface area contributed by atoms with Gasteiger partial charge < -0.3 is 9.84 Å². The minimum atomic E-state index is -0.783. The number of aliphatic carboxylic acids is 1. The minimum Gasteiger partial charge on any atom is -0.481 e. The molecule has 0 amide bonds. The first-order chi connectivity index (χ1) is 9.93. The normalized spacial score (nSPS) is 24.7. The van der Waals surface area contributed by atoms with Crippen molar-refractivity contribution in [1.29, 1.82) is 0 Å². The number of carbonyl (C=O) groups is 1. The van der Waals surface area contributed by atoms with Crippen LogP contribution in [0.5, 0.6) is 0 Å². The van der Waals surface area contributed by atoms with Crippen molar-refractivity contribution in [3.8, 4) is 0 Å². The molecule has 116 valence electrons. The lowest BCUT2D eigenvalue weighted by atomic mass is 9.94. The molecule has 2 atom stereocenters. The Morgan fingerprint density at radius 2 is 2.10 bits per heavy atom. The van der Waals surface area contributed by atoms with E-state index in [1.54, 1.807) is 14.0 Å². The number of likely N-dealkylation sites (tertiary alicyclic amines) is 1. The van der Waals surface area contributed by atoms with Crippen LogP contribution in [-0.2, 0) is 16.1 Å². The van der Waals surface area contributed by atoms with Gasteiger partial charge in [0, 0.05) is 20.2 Å². The number of hydrogen-bond acceptors (Lipinski definition) is 3. The molecule has 0 bridgehead atoms. The van der Waals surface area contributed by atoms with Crippen molar-refractivity contribution in [2.45, 2.75) is 44.8 Å². The van der Waals surface area contributed by atoms with E-state index in [1.165, 1.54) is 5.56 Å². The van der Waals surface area contributed by atoms with E-state index in [0.29, 0.717) is 0 Å². The number of hydrogen-bond donors (Lipinski definition) is 1. The smallest absolute Gasteiger partial charge is 0.310 e. The summed E-state index contributed by atoms with van der Waals surface area (Å²) in [5, 5.41) is 9.03. The number of nitrogens with zero attached hydrogens (tertiary/aromatic N) is 1. The number of ether oxygens (including phenoxy) is 1. The van der Waals surface area contributed by atoms with Gasteiger partial charge in [0.15, 0.2) is 0 Å². The summed E-state index contributed by atoms with van der Waals surface area (Å²) in [5.41, 5.74) is 2.03. The second-order valence-corrected chi connectivity index (χ2v) is 6.27. The Morgan fingerprint density at radius 3 is 2.67 bits per heavy atom. The zero-order chi connectivity index (χ0) is 15.5. The van der Waals surface area contributed by atoms with Gasteiger partial charge in [-0.1, -0.05) is 24.3 Å². The maximum absolute atomic E-state index is 11.0. The first-order valence-electron chi connectivity index (χ1n) is 7.53. The van der Waals surface area contributed by atoms with Crippen molar-refractivity contribution in [2.75, 3.05) is 20.2 Å². The second-order valence-electron chi connectivity index (χ2n) is 6.27. The summed E-state index contributed by atoms with van der Waals surface area (Å²) in [6.45, 7) is 6.80. The van der Waals surface area contributed by atoms with E-state index in [-0.39, 0.29) is 5.60 Å². The topological polar surface area (TPSA) is 49.8 Å². The molecule has 1 aliphatic rings. The third kappa shape index (κ3) is 4.05. The Balaban J connectivity index is 1.99. The summed E-state index contributed by atoms with van der Waals surface area (Å²) in [6, 6.07) is 7.92. The van der Waals surface area contributed by atoms with Crippen molar-refractivity contribution in [2.24, 2.45) is 0 Å². The molecule has 2 rings (SSSR count). The van der Waals surface area contributed by atoms with Crippen LogP contribution in [-0.4, -0.2) is 41.8 Å². The third-order valence-electron chi connectivity index (χ3n) is 4.49. The maximum atomic E-state index is 11.0. The van der Waals surface area contributed by atoms with Crippen LogP contribution >= 0.6 is 0 Å². The van der Waals surface area contributed by atoms with E-state index < -0.39 is 11.9 Å². The lowest BCUT2D eigenvalue weighted by Gasteiger charge is -2.39. The van der Waals surface area contributed by atoms with Gasteiger partial charge in [-0.25, -0.2) is 0 Å². The van der Waals surface area contributed by atoms with Crippen LogP contribution in [0.4, 0.5) is 0 Å².